The molecule has 7 nitrogen and oxygen atoms in total. The molecule has 1 aliphatic rings. The second kappa shape index (κ2) is 6.69. The van der Waals surface area contributed by atoms with Gasteiger partial charge in [-0.25, -0.2) is 0 Å². The number of rotatable bonds is 6. The third kappa shape index (κ3) is 3.47. The highest BCUT2D eigenvalue weighted by Crippen LogP contribution is 2.35. The Hall–Kier alpha value is -1.63. The van der Waals surface area contributed by atoms with E-state index in [9.17, 15) is 5.11 Å². The summed E-state index contributed by atoms with van der Waals surface area (Å²) < 4.78 is 10.0. The molecule has 20 heavy (non-hydrogen) atoms. The molecule has 0 bridgehead atoms. The first-order valence-electron chi connectivity index (χ1n) is 6.90. The van der Waals surface area contributed by atoms with Gasteiger partial charge in [0.05, 0.1) is 20.8 Å². The summed E-state index contributed by atoms with van der Waals surface area (Å²) in [6, 6.07) is 0.419. The Balaban J connectivity index is 2.05. The van der Waals surface area contributed by atoms with E-state index in [0.29, 0.717) is 12.5 Å². The van der Waals surface area contributed by atoms with E-state index in [-0.39, 0.29) is 24.0 Å². The van der Waals surface area contributed by atoms with E-state index in [0.717, 1.165) is 25.7 Å². The highest BCUT2D eigenvalue weighted by atomic mass is 16.5. The highest BCUT2D eigenvalue weighted by molar-refractivity contribution is 5.28. The predicted molar refractivity (Wildman–Crippen MR) is 74.0 cm³/mol. The van der Waals surface area contributed by atoms with Crippen LogP contribution in [0.15, 0.2) is 0 Å². The van der Waals surface area contributed by atoms with E-state index in [1.54, 1.807) is 0 Å². The summed E-state index contributed by atoms with van der Waals surface area (Å²) in [5.74, 6) is 0.409. The number of aromatic nitrogens is 3. The SMILES string of the molecule is COc1nc(NCC2(CO)CCCCC2)nc(OC)n1. The van der Waals surface area contributed by atoms with Crippen LogP contribution in [0.3, 0.4) is 0 Å². The third-order valence-electron chi connectivity index (χ3n) is 3.83. The van der Waals surface area contributed by atoms with Crippen LogP contribution in [0.1, 0.15) is 32.1 Å². The minimum Gasteiger partial charge on any atom is -0.467 e. The van der Waals surface area contributed by atoms with Crippen LogP contribution in [0.2, 0.25) is 0 Å². The lowest BCUT2D eigenvalue weighted by atomic mass is 9.74. The summed E-state index contributed by atoms with van der Waals surface area (Å²) >= 11 is 0. The maximum Gasteiger partial charge on any atom is 0.324 e. The fourth-order valence-electron chi connectivity index (χ4n) is 2.56. The molecule has 2 N–H and O–H groups in total. The Bertz CT molecular complexity index is 413. The molecule has 0 atom stereocenters. The van der Waals surface area contributed by atoms with E-state index in [4.69, 9.17) is 9.47 Å². The van der Waals surface area contributed by atoms with E-state index in [1.807, 2.05) is 0 Å². The topological polar surface area (TPSA) is 89.4 Å². The van der Waals surface area contributed by atoms with Crippen molar-refractivity contribution in [2.24, 2.45) is 5.41 Å². The van der Waals surface area contributed by atoms with Gasteiger partial charge in [0.2, 0.25) is 5.95 Å². The van der Waals surface area contributed by atoms with Gasteiger partial charge in [0.15, 0.2) is 0 Å². The van der Waals surface area contributed by atoms with Crippen molar-refractivity contribution in [3.05, 3.63) is 0 Å². The van der Waals surface area contributed by atoms with Crippen LogP contribution in [0, 0.1) is 5.41 Å². The number of nitrogens with one attached hydrogen (secondary N) is 1. The Labute approximate surface area is 118 Å². The van der Waals surface area contributed by atoms with Crippen LogP contribution in [0.4, 0.5) is 5.95 Å². The molecule has 1 saturated carbocycles. The first kappa shape index (κ1) is 14.8. The number of aliphatic hydroxyl groups is 1. The molecule has 0 radical (unpaired) electrons. The van der Waals surface area contributed by atoms with Crippen molar-refractivity contribution in [2.45, 2.75) is 32.1 Å². The first-order valence-corrected chi connectivity index (χ1v) is 6.90. The Morgan fingerprint density at radius 2 is 1.65 bits per heavy atom. The van der Waals surface area contributed by atoms with Gasteiger partial charge in [-0.1, -0.05) is 19.3 Å². The summed E-state index contributed by atoms with van der Waals surface area (Å²) in [6.45, 7) is 0.819. The quantitative estimate of drug-likeness (QED) is 0.811. The van der Waals surface area contributed by atoms with Crippen molar-refractivity contribution < 1.29 is 14.6 Å². The van der Waals surface area contributed by atoms with Crippen molar-refractivity contribution in [1.29, 1.82) is 0 Å². The summed E-state index contributed by atoms with van der Waals surface area (Å²) in [5, 5.41) is 12.9. The van der Waals surface area contributed by atoms with Crippen molar-refractivity contribution in [3.63, 3.8) is 0 Å². The predicted octanol–water partition coefficient (Wildman–Crippen LogP) is 1.24. The second-order valence-electron chi connectivity index (χ2n) is 5.20. The van der Waals surface area contributed by atoms with Gasteiger partial charge in [0, 0.05) is 12.0 Å². The average molecular weight is 282 g/mol. The van der Waals surface area contributed by atoms with Crippen molar-refractivity contribution in [3.8, 4) is 12.0 Å². The monoisotopic (exact) mass is 282 g/mol. The number of hydrogen-bond acceptors (Lipinski definition) is 7. The van der Waals surface area contributed by atoms with Gasteiger partial charge in [0.1, 0.15) is 0 Å². The molecular formula is C13H22N4O3. The van der Waals surface area contributed by atoms with Gasteiger partial charge >= 0.3 is 12.0 Å². The van der Waals surface area contributed by atoms with Crippen LogP contribution < -0.4 is 14.8 Å². The molecule has 0 aromatic carbocycles. The largest absolute Gasteiger partial charge is 0.467 e. The zero-order valence-electron chi connectivity index (χ0n) is 12.1. The number of nitrogens with zero attached hydrogens (tertiary/aromatic N) is 3. The smallest absolute Gasteiger partial charge is 0.324 e. The number of hydrogen-bond donors (Lipinski definition) is 2. The molecule has 0 unspecified atom stereocenters. The molecule has 1 aliphatic carbocycles. The maximum absolute atomic E-state index is 9.68. The molecular weight excluding hydrogens is 260 g/mol. The lowest BCUT2D eigenvalue weighted by Gasteiger charge is -2.35. The molecule has 1 fully saturated rings. The molecule has 1 heterocycles. The van der Waals surface area contributed by atoms with E-state index >= 15 is 0 Å². The standard InChI is InChI=1S/C13H22N4O3/c1-19-11-15-10(16-12(17-11)20-2)14-8-13(9-18)6-4-3-5-7-13/h18H,3-9H2,1-2H3,(H,14,15,16,17). The molecule has 0 amide bonds. The number of methoxy groups -OCH3 is 2. The molecule has 112 valence electrons. The van der Waals surface area contributed by atoms with Gasteiger partial charge in [0.25, 0.3) is 0 Å². The number of anilines is 1. The molecule has 2 rings (SSSR count). The Kier molecular flexibility index (Phi) is 4.94. The Morgan fingerprint density at radius 1 is 1.05 bits per heavy atom. The van der Waals surface area contributed by atoms with E-state index < -0.39 is 0 Å². The molecule has 0 spiro atoms. The van der Waals surface area contributed by atoms with Crippen LogP contribution in [0.5, 0.6) is 12.0 Å². The zero-order valence-corrected chi connectivity index (χ0v) is 12.1. The molecule has 1 aromatic rings. The van der Waals surface area contributed by atoms with Gasteiger partial charge in [-0.2, -0.15) is 9.97 Å². The summed E-state index contributed by atoms with van der Waals surface area (Å²) in [5.41, 5.74) is -0.0780. The third-order valence-corrected chi connectivity index (χ3v) is 3.83. The molecule has 1 aromatic heterocycles. The molecule has 7 heteroatoms. The maximum atomic E-state index is 9.68. The Morgan fingerprint density at radius 3 is 2.15 bits per heavy atom. The zero-order chi connectivity index (χ0) is 14.4. The van der Waals surface area contributed by atoms with Crippen LogP contribution >= 0.6 is 0 Å². The van der Waals surface area contributed by atoms with Crippen LogP contribution in [-0.2, 0) is 0 Å². The second-order valence-corrected chi connectivity index (χ2v) is 5.20. The minimum atomic E-state index is -0.0780. The number of ether oxygens (including phenoxy) is 2. The summed E-state index contributed by atoms with van der Waals surface area (Å²) in [7, 11) is 2.99. The highest BCUT2D eigenvalue weighted by Gasteiger charge is 2.31. The molecule has 0 saturated heterocycles. The normalized spacial score (nSPS) is 17.6. The average Bonchev–Trinajstić information content (AvgIpc) is 2.53. The van der Waals surface area contributed by atoms with Gasteiger partial charge < -0.3 is 19.9 Å². The summed E-state index contributed by atoms with van der Waals surface area (Å²) in [6.07, 6.45) is 5.61. The van der Waals surface area contributed by atoms with E-state index in [2.05, 4.69) is 20.3 Å². The molecule has 0 aliphatic heterocycles. The van der Waals surface area contributed by atoms with Crippen molar-refractivity contribution in [2.75, 3.05) is 32.7 Å². The van der Waals surface area contributed by atoms with Gasteiger partial charge in [-0.3, -0.25) is 0 Å². The summed E-state index contributed by atoms with van der Waals surface area (Å²) in [4.78, 5) is 12.2. The van der Waals surface area contributed by atoms with Gasteiger partial charge in [-0.15, -0.1) is 4.98 Å². The fourth-order valence-corrected chi connectivity index (χ4v) is 2.56. The lowest BCUT2D eigenvalue weighted by Crippen LogP contribution is -2.36. The van der Waals surface area contributed by atoms with Crippen molar-refractivity contribution >= 4 is 5.95 Å². The number of aliphatic hydroxyl groups excluding tert-OH is 1. The first-order chi connectivity index (χ1) is 9.71. The van der Waals surface area contributed by atoms with Crippen LogP contribution in [-0.4, -0.2) is 47.4 Å². The van der Waals surface area contributed by atoms with Gasteiger partial charge in [-0.05, 0) is 12.8 Å². The fraction of sp³-hybridized carbons (Fsp3) is 0.769. The van der Waals surface area contributed by atoms with Crippen LogP contribution in [0.25, 0.3) is 0 Å². The minimum absolute atomic E-state index is 0.0780. The van der Waals surface area contributed by atoms with Crippen molar-refractivity contribution in [1.82, 2.24) is 15.0 Å². The van der Waals surface area contributed by atoms with E-state index in [1.165, 1.54) is 20.6 Å². The lowest BCUT2D eigenvalue weighted by molar-refractivity contribution is 0.0942.